The average Bonchev–Trinajstić information content (AvgIpc) is 2.89. The zero-order chi connectivity index (χ0) is 29.2. The molecule has 0 bridgehead atoms. The van der Waals surface area contributed by atoms with E-state index in [0.717, 1.165) is 64.2 Å². The normalized spacial score (nSPS) is 16.3. The van der Waals surface area contributed by atoms with E-state index in [-0.39, 0.29) is 12.2 Å². The molecule has 0 aromatic carbocycles. The van der Waals surface area contributed by atoms with Crippen molar-refractivity contribution in [1.29, 1.82) is 0 Å². The summed E-state index contributed by atoms with van der Waals surface area (Å²) >= 11 is 0. The van der Waals surface area contributed by atoms with Gasteiger partial charge in [-0.1, -0.05) is 65.5 Å². The Hall–Kier alpha value is -1.21. The Morgan fingerprint density at radius 3 is 1.23 bits per heavy atom. The summed E-state index contributed by atoms with van der Waals surface area (Å²) in [6, 6.07) is 0. The molecular weight excluding hydrogens is 551 g/mol. The van der Waals surface area contributed by atoms with Gasteiger partial charge < -0.3 is 24.5 Å². The minimum atomic E-state index is -4.64. The van der Waals surface area contributed by atoms with E-state index in [0.29, 0.717) is 24.4 Å². The van der Waals surface area contributed by atoms with E-state index in [9.17, 15) is 0 Å². The molecule has 2 saturated carbocycles. The maximum absolute atomic E-state index is 8.88. The Labute approximate surface area is 228 Å². The summed E-state index contributed by atoms with van der Waals surface area (Å²) in [4.78, 5) is 40.6. The lowest BCUT2D eigenvalue weighted by Crippen LogP contribution is -2.17. The van der Waals surface area contributed by atoms with Gasteiger partial charge in [-0.2, -0.15) is 0 Å². The summed E-state index contributed by atoms with van der Waals surface area (Å²) in [5.41, 5.74) is 0. The van der Waals surface area contributed by atoms with Crippen LogP contribution in [0.25, 0.3) is 0 Å². The number of rotatable bonds is 18. The second-order valence-corrected chi connectivity index (χ2v) is 9.54. The molecule has 0 radical (unpaired) electrons. The van der Waals surface area contributed by atoms with Gasteiger partial charge in [0.15, 0.2) is 0 Å². The minimum Gasteiger partial charge on any atom is -0.311 e. The molecule has 0 unspecified atom stereocenters. The van der Waals surface area contributed by atoms with Gasteiger partial charge in [-0.3, -0.25) is 0 Å². The van der Waals surface area contributed by atoms with E-state index in [1.54, 1.807) is 0 Å². The molecule has 2 rings (SSSR count). The van der Waals surface area contributed by atoms with Crippen molar-refractivity contribution in [3.05, 3.63) is 24.7 Å². The van der Waals surface area contributed by atoms with Crippen molar-refractivity contribution in [1.82, 2.24) is 0 Å². The highest BCUT2D eigenvalue weighted by atomic mass is 31.2. The maximum Gasteiger partial charge on any atom is 0.466 e. The van der Waals surface area contributed by atoms with E-state index in [1.807, 2.05) is 13.8 Å². The fraction of sp³-hybridized carbons (Fsp3) is 0.818. The standard InChI is InChI=1S/2C11H20O6.H3O4P/c2*1-3-7-10(2)12-14-16-17-15-13-11-8-5-4-6-9-11;1-5(2,3)4/h2*11H,2-9H2,1H3;(H3,1,2,3,4). The van der Waals surface area contributed by atoms with Gasteiger partial charge in [0, 0.05) is 33.0 Å². The summed E-state index contributed by atoms with van der Waals surface area (Å²) in [5.74, 6) is 0.897. The Morgan fingerprint density at radius 2 is 0.923 bits per heavy atom. The highest BCUT2D eigenvalue weighted by Gasteiger charge is 2.16. The first kappa shape index (κ1) is 37.8. The largest absolute Gasteiger partial charge is 0.466 e. The molecule has 16 nitrogen and oxygen atoms in total. The Morgan fingerprint density at radius 1 is 0.615 bits per heavy atom. The molecular formula is C22H43O16P. The predicted octanol–water partition coefficient (Wildman–Crippen LogP) is 5.69. The maximum atomic E-state index is 8.88. The molecule has 0 spiro atoms. The van der Waals surface area contributed by atoms with Gasteiger partial charge in [-0.05, 0) is 58.7 Å². The predicted molar refractivity (Wildman–Crippen MR) is 129 cm³/mol. The van der Waals surface area contributed by atoms with Crippen molar-refractivity contribution in [2.45, 2.75) is 116 Å². The van der Waals surface area contributed by atoms with Gasteiger partial charge in [-0.15, -0.1) is 0 Å². The topological polar surface area (TPSA) is 189 Å². The van der Waals surface area contributed by atoms with Crippen LogP contribution in [0.5, 0.6) is 0 Å². The van der Waals surface area contributed by atoms with Crippen LogP contribution >= 0.6 is 7.82 Å². The third-order valence-corrected chi connectivity index (χ3v) is 4.98. The van der Waals surface area contributed by atoms with Crippen LogP contribution in [0.15, 0.2) is 24.7 Å². The second-order valence-electron chi connectivity index (χ2n) is 8.51. The van der Waals surface area contributed by atoms with E-state index >= 15 is 0 Å². The van der Waals surface area contributed by atoms with E-state index in [4.69, 9.17) is 29.0 Å². The van der Waals surface area contributed by atoms with Crippen LogP contribution in [0, 0.1) is 0 Å². The monoisotopic (exact) mass is 594 g/mol. The smallest absolute Gasteiger partial charge is 0.311 e. The van der Waals surface area contributed by atoms with Crippen LogP contribution < -0.4 is 0 Å². The molecule has 0 amide bonds. The molecule has 0 heterocycles. The molecule has 0 aromatic rings. The quantitative estimate of drug-likeness (QED) is 0.0576. The molecule has 0 atom stereocenters. The molecule has 2 aliphatic rings. The Bertz CT molecular complexity index is 581. The number of hydrogen-bond donors (Lipinski definition) is 3. The molecule has 232 valence electrons. The van der Waals surface area contributed by atoms with Crippen LogP contribution in [0.2, 0.25) is 0 Å². The van der Waals surface area contributed by atoms with E-state index < -0.39 is 7.82 Å². The van der Waals surface area contributed by atoms with Gasteiger partial charge in [-0.25, -0.2) is 14.3 Å². The molecule has 3 N–H and O–H groups in total. The average molecular weight is 595 g/mol. The lowest BCUT2D eigenvalue weighted by molar-refractivity contribution is -0.756. The first-order valence-electron chi connectivity index (χ1n) is 12.8. The highest BCUT2D eigenvalue weighted by molar-refractivity contribution is 7.45. The summed E-state index contributed by atoms with van der Waals surface area (Å²) < 4.78 is 8.88. The van der Waals surface area contributed by atoms with Crippen molar-refractivity contribution < 1.29 is 79.1 Å². The third kappa shape index (κ3) is 29.6. The van der Waals surface area contributed by atoms with Crippen molar-refractivity contribution >= 4 is 7.82 Å². The Kier molecular flexibility index (Phi) is 24.9. The molecule has 0 saturated heterocycles. The van der Waals surface area contributed by atoms with Gasteiger partial charge >= 0.3 is 7.82 Å². The summed E-state index contributed by atoms with van der Waals surface area (Å²) in [6.07, 6.45) is 14.2. The summed E-state index contributed by atoms with van der Waals surface area (Å²) in [5, 5.41) is 33.7. The number of hydrogen-bond acceptors (Lipinski definition) is 13. The minimum absolute atomic E-state index is 0.0586. The van der Waals surface area contributed by atoms with E-state index in [2.05, 4.69) is 63.2 Å². The van der Waals surface area contributed by atoms with Crippen molar-refractivity contribution in [3.63, 3.8) is 0 Å². The molecule has 0 aromatic heterocycles. The van der Waals surface area contributed by atoms with Crippen LogP contribution in [-0.4, -0.2) is 26.9 Å². The molecule has 17 heteroatoms. The Balaban J connectivity index is 0.000000632. The van der Waals surface area contributed by atoms with Gasteiger partial charge in [0.1, 0.15) is 11.5 Å². The van der Waals surface area contributed by atoms with Gasteiger partial charge in [0.25, 0.3) is 0 Å². The number of phosphoric acid groups is 1. The zero-order valence-corrected chi connectivity index (χ0v) is 23.5. The molecule has 0 aliphatic heterocycles. The second kappa shape index (κ2) is 25.7. The van der Waals surface area contributed by atoms with Crippen LogP contribution in [0.4, 0.5) is 0 Å². The van der Waals surface area contributed by atoms with E-state index in [1.165, 1.54) is 12.8 Å². The van der Waals surface area contributed by atoms with Crippen molar-refractivity contribution in [2.75, 3.05) is 0 Å². The lowest BCUT2D eigenvalue weighted by atomic mass is 9.98. The summed E-state index contributed by atoms with van der Waals surface area (Å²) in [7, 11) is -4.64. The van der Waals surface area contributed by atoms with Gasteiger partial charge in [0.2, 0.25) is 0 Å². The highest BCUT2D eigenvalue weighted by Crippen LogP contribution is 2.26. The van der Waals surface area contributed by atoms with Crippen LogP contribution in [0.3, 0.4) is 0 Å². The third-order valence-electron chi connectivity index (χ3n) is 4.98. The number of allylic oxidation sites excluding steroid dienone is 2. The fourth-order valence-electron chi connectivity index (χ4n) is 3.28. The van der Waals surface area contributed by atoms with Gasteiger partial charge in [0.05, 0.1) is 12.2 Å². The first-order valence-corrected chi connectivity index (χ1v) is 14.4. The van der Waals surface area contributed by atoms with Crippen molar-refractivity contribution in [2.24, 2.45) is 0 Å². The molecule has 39 heavy (non-hydrogen) atoms. The van der Waals surface area contributed by atoms with Crippen LogP contribution in [0.1, 0.15) is 104 Å². The summed E-state index contributed by atoms with van der Waals surface area (Å²) in [6.45, 7) is 11.1. The van der Waals surface area contributed by atoms with Crippen LogP contribution in [-0.2, 0) is 64.4 Å². The fourth-order valence-corrected chi connectivity index (χ4v) is 3.28. The molecule has 2 aliphatic carbocycles. The SMILES string of the molecule is C=C(CCC)OOOOOOC1CCCCC1.C=C(CCC)OOOOOOC1CCCCC1.O=P(O)(O)O. The first-order chi connectivity index (χ1) is 18.7. The zero-order valence-electron chi connectivity index (χ0n) is 22.6. The lowest BCUT2D eigenvalue weighted by Gasteiger charge is -2.18. The molecule has 2 fully saturated rings. The van der Waals surface area contributed by atoms with Crippen molar-refractivity contribution in [3.8, 4) is 0 Å².